The average molecular weight is 390 g/mol. The van der Waals surface area contributed by atoms with Crippen LogP contribution in [0.1, 0.15) is 5.56 Å². The second-order valence-electron chi connectivity index (χ2n) is 6.42. The van der Waals surface area contributed by atoms with Crippen LogP contribution in [0, 0.1) is 0 Å². The monoisotopic (exact) mass is 390 g/mol. The Morgan fingerprint density at radius 1 is 0.759 bits per heavy atom. The maximum atomic E-state index is 5.46. The molecule has 4 aromatic rings. The number of benzene rings is 3. The first kappa shape index (κ1) is 18.6. The molecule has 3 aromatic carbocycles. The van der Waals surface area contributed by atoms with Crippen LogP contribution in [0.15, 0.2) is 60.7 Å². The smallest absolute Gasteiger partial charge is 0.127 e. The molecule has 1 N–H and O–H groups in total. The summed E-state index contributed by atoms with van der Waals surface area (Å²) < 4.78 is 15.9. The van der Waals surface area contributed by atoms with Crippen molar-refractivity contribution >= 4 is 16.7 Å². The number of hydrogen-bond acceptors (Lipinski definition) is 6. The maximum Gasteiger partial charge on any atom is 0.127 e. The Hall–Kier alpha value is -3.74. The van der Waals surface area contributed by atoms with Crippen LogP contribution < -0.4 is 19.5 Å². The molecule has 4 rings (SSSR count). The van der Waals surface area contributed by atoms with Gasteiger partial charge in [0.25, 0.3) is 0 Å². The second kappa shape index (κ2) is 8.10. The SMILES string of the molecule is COc1ccc(-n2nc3ccc(NCc4ccc(OC)cc4OC)cc3n2)cc1. The molecule has 1 aromatic heterocycles. The van der Waals surface area contributed by atoms with E-state index in [1.165, 1.54) is 0 Å². The van der Waals surface area contributed by atoms with E-state index in [2.05, 4.69) is 15.5 Å². The summed E-state index contributed by atoms with van der Waals surface area (Å²) in [5.74, 6) is 2.34. The molecular weight excluding hydrogens is 368 g/mol. The topological polar surface area (TPSA) is 70.4 Å². The number of ether oxygens (including phenoxy) is 3. The van der Waals surface area contributed by atoms with Crippen LogP contribution in [0.4, 0.5) is 5.69 Å². The van der Waals surface area contributed by atoms with E-state index in [9.17, 15) is 0 Å². The predicted octanol–water partition coefficient (Wildman–Crippen LogP) is 4.06. The minimum atomic E-state index is 0.616. The molecule has 1 heterocycles. The van der Waals surface area contributed by atoms with Crippen LogP contribution in [-0.4, -0.2) is 36.3 Å². The van der Waals surface area contributed by atoms with Crippen molar-refractivity contribution in [3.8, 4) is 22.9 Å². The number of nitrogens with one attached hydrogen (secondary N) is 1. The van der Waals surface area contributed by atoms with Gasteiger partial charge >= 0.3 is 0 Å². The molecule has 29 heavy (non-hydrogen) atoms. The second-order valence-corrected chi connectivity index (χ2v) is 6.42. The van der Waals surface area contributed by atoms with E-state index in [0.717, 1.165) is 45.2 Å². The Balaban J connectivity index is 1.53. The highest BCUT2D eigenvalue weighted by atomic mass is 16.5. The normalized spacial score (nSPS) is 10.7. The van der Waals surface area contributed by atoms with Crippen molar-refractivity contribution in [1.82, 2.24) is 15.0 Å². The quantitative estimate of drug-likeness (QED) is 0.513. The third-order valence-corrected chi connectivity index (χ3v) is 4.66. The maximum absolute atomic E-state index is 5.46. The average Bonchev–Trinajstić information content (AvgIpc) is 3.21. The van der Waals surface area contributed by atoms with E-state index in [-0.39, 0.29) is 0 Å². The van der Waals surface area contributed by atoms with Gasteiger partial charge in [0.1, 0.15) is 28.3 Å². The molecular formula is C22H22N4O3. The molecule has 0 amide bonds. The minimum Gasteiger partial charge on any atom is -0.497 e. The molecule has 7 nitrogen and oxygen atoms in total. The molecule has 0 unspecified atom stereocenters. The van der Waals surface area contributed by atoms with E-state index in [1.807, 2.05) is 60.7 Å². The van der Waals surface area contributed by atoms with Crippen molar-refractivity contribution in [3.63, 3.8) is 0 Å². The van der Waals surface area contributed by atoms with Gasteiger partial charge in [-0.05, 0) is 54.6 Å². The van der Waals surface area contributed by atoms with Gasteiger partial charge in [0, 0.05) is 23.9 Å². The number of hydrogen-bond donors (Lipinski definition) is 1. The van der Waals surface area contributed by atoms with Crippen LogP contribution in [0.3, 0.4) is 0 Å². The Morgan fingerprint density at radius 2 is 1.48 bits per heavy atom. The van der Waals surface area contributed by atoms with Crippen LogP contribution in [0.2, 0.25) is 0 Å². The highest BCUT2D eigenvalue weighted by Gasteiger charge is 2.08. The van der Waals surface area contributed by atoms with E-state index in [1.54, 1.807) is 26.1 Å². The van der Waals surface area contributed by atoms with E-state index < -0.39 is 0 Å². The van der Waals surface area contributed by atoms with Gasteiger partial charge in [-0.3, -0.25) is 0 Å². The molecule has 0 aliphatic carbocycles. The fourth-order valence-electron chi connectivity index (χ4n) is 3.05. The molecule has 0 saturated heterocycles. The zero-order chi connectivity index (χ0) is 20.2. The molecule has 0 bridgehead atoms. The van der Waals surface area contributed by atoms with Crippen LogP contribution in [0.25, 0.3) is 16.7 Å². The third-order valence-electron chi connectivity index (χ3n) is 4.66. The van der Waals surface area contributed by atoms with E-state index >= 15 is 0 Å². The summed E-state index contributed by atoms with van der Waals surface area (Å²) in [6.07, 6.45) is 0. The highest BCUT2D eigenvalue weighted by Crippen LogP contribution is 2.26. The standard InChI is InChI=1S/C22H22N4O3/c1-27-18-9-6-17(7-10-18)26-24-20-11-5-16(12-21(20)25-26)23-14-15-4-8-19(28-2)13-22(15)29-3/h4-13,23H,14H2,1-3H3. The highest BCUT2D eigenvalue weighted by molar-refractivity contribution is 5.78. The van der Waals surface area contributed by atoms with Crippen LogP contribution in [-0.2, 0) is 6.54 Å². The summed E-state index contributed by atoms with van der Waals surface area (Å²) in [4.78, 5) is 1.63. The molecule has 0 aliphatic heterocycles. The number of nitrogens with zero attached hydrogens (tertiary/aromatic N) is 3. The molecule has 7 heteroatoms. The largest absolute Gasteiger partial charge is 0.497 e. The van der Waals surface area contributed by atoms with Crippen molar-refractivity contribution < 1.29 is 14.2 Å². The van der Waals surface area contributed by atoms with Crippen molar-refractivity contribution in [2.75, 3.05) is 26.6 Å². The lowest BCUT2D eigenvalue weighted by Crippen LogP contribution is -2.02. The Bertz CT molecular complexity index is 1120. The van der Waals surface area contributed by atoms with Gasteiger partial charge in [0.05, 0.1) is 27.0 Å². The van der Waals surface area contributed by atoms with E-state index in [0.29, 0.717) is 6.54 Å². The predicted molar refractivity (Wildman–Crippen MR) is 112 cm³/mol. The first-order chi connectivity index (χ1) is 14.2. The number of aromatic nitrogens is 3. The third kappa shape index (κ3) is 3.94. The first-order valence-electron chi connectivity index (χ1n) is 9.16. The van der Waals surface area contributed by atoms with Crippen LogP contribution in [0.5, 0.6) is 17.2 Å². The van der Waals surface area contributed by atoms with Crippen molar-refractivity contribution in [3.05, 3.63) is 66.2 Å². The molecule has 148 valence electrons. The Morgan fingerprint density at radius 3 is 2.21 bits per heavy atom. The Kier molecular flexibility index (Phi) is 5.20. The number of rotatable bonds is 7. The summed E-state index contributed by atoms with van der Waals surface area (Å²) in [5, 5.41) is 12.6. The number of methoxy groups -OCH3 is 3. The summed E-state index contributed by atoms with van der Waals surface area (Å²) in [7, 11) is 4.94. The summed E-state index contributed by atoms with van der Waals surface area (Å²) >= 11 is 0. The van der Waals surface area contributed by atoms with Crippen molar-refractivity contribution in [2.24, 2.45) is 0 Å². The molecule has 0 radical (unpaired) electrons. The van der Waals surface area contributed by atoms with Gasteiger partial charge in [0.15, 0.2) is 0 Å². The van der Waals surface area contributed by atoms with E-state index in [4.69, 9.17) is 14.2 Å². The van der Waals surface area contributed by atoms with Gasteiger partial charge in [-0.25, -0.2) is 0 Å². The molecule has 0 fully saturated rings. The number of anilines is 1. The summed E-state index contributed by atoms with van der Waals surface area (Å²) in [6, 6.07) is 19.3. The fourth-order valence-corrected chi connectivity index (χ4v) is 3.05. The lowest BCUT2D eigenvalue weighted by Gasteiger charge is -2.12. The van der Waals surface area contributed by atoms with Crippen LogP contribution >= 0.6 is 0 Å². The van der Waals surface area contributed by atoms with Gasteiger partial charge in [0.2, 0.25) is 0 Å². The van der Waals surface area contributed by atoms with Crippen molar-refractivity contribution in [2.45, 2.75) is 6.54 Å². The Labute approximate surface area is 168 Å². The van der Waals surface area contributed by atoms with Gasteiger partial charge in [-0.2, -0.15) is 4.80 Å². The molecule has 0 aliphatic rings. The molecule has 0 spiro atoms. The van der Waals surface area contributed by atoms with Crippen molar-refractivity contribution in [1.29, 1.82) is 0 Å². The first-order valence-corrected chi connectivity index (χ1v) is 9.16. The van der Waals surface area contributed by atoms with Gasteiger partial charge in [-0.1, -0.05) is 0 Å². The minimum absolute atomic E-state index is 0.616. The zero-order valence-electron chi connectivity index (χ0n) is 16.5. The molecule has 0 saturated carbocycles. The lowest BCUT2D eigenvalue weighted by molar-refractivity contribution is 0.391. The van der Waals surface area contributed by atoms with Gasteiger partial charge < -0.3 is 19.5 Å². The van der Waals surface area contributed by atoms with Gasteiger partial charge in [-0.15, -0.1) is 10.2 Å². The fraction of sp³-hybridized carbons (Fsp3) is 0.182. The summed E-state index contributed by atoms with van der Waals surface area (Å²) in [6.45, 7) is 0.616. The summed E-state index contributed by atoms with van der Waals surface area (Å²) in [5.41, 5.74) is 4.51. The molecule has 0 atom stereocenters. The zero-order valence-corrected chi connectivity index (χ0v) is 16.5. The lowest BCUT2D eigenvalue weighted by atomic mass is 10.2. The number of fused-ring (bicyclic) bond motifs is 1.